The Morgan fingerprint density at radius 2 is 1.88 bits per heavy atom. The van der Waals surface area contributed by atoms with Crippen LogP contribution in [0.25, 0.3) is 0 Å². The van der Waals surface area contributed by atoms with Crippen molar-refractivity contribution in [1.82, 2.24) is 5.32 Å². The SMILES string of the molecule is CCCCOCCOCC(C)(NCC)C(=O)O. The first-order valence-corrected chi connectivity index (χ1v) is 6.20. The molecule has 0 saturated heterocycles. The number of hydrogen-bond acceptors (Lipinski definition) is 4. The minimum atomic E-state index is -1.02. The van der Waals surface area contributed by atoms with Gasteiger partial charge in [0, 0.05) is 6.61 Å². The van der Waals surface area contributed by atoms with E-state index in [0.29, 0.717) is 19.8 Å². The van der Waals surface area contributed by atoms with Gasteiger partial charge in [-0.25, -0.2) is 0 Å². The molecule has 0 aromatic carbocycles. The van der Waals surface area contributed by atoms with Crippen molar-refractivity contribution in [3.8, 4) is 0 Å². The molecule has 5 nitrogen and oxygen atoms in total. The number of likely N-dealkylation sites (N-methyl/N-ethyl adjacent to an activating group) is 1. The van der Waals surface area contributed by atoms with Gasteiger partial charge in [-0.1, -0.05) is 20.3 Å². The Bertz CT molecular complexity index is 211. The number of carboxylic acid groups (broad SMARTS) is 1. The minimum absolute atomic E-state index is 0.146. The molecule has 0 aromatic rings. The Balaban J connectivity index is 3.65. The van der Waals surface area contributed by atoms with Gasteiger partial charge in [0.1, 0.15) is 5.54 Å². The van der Waals surface area contributed by atoms with E-state index in [4.69, 9.17) is 14.6 Å². The molecule has 1 atom stereocenters. The van der Waals surface area contributed by atoms with Crippen LogP contribution in [0.15, 0.2) is 0 Å². The van der Waals surface area contributed by atoms with Gasteiger partial charge in [-0.05, 0) is 19.9 Å². The van der Waals surface area contributed by atoms with Gasteiger partial charge in [-0.15, -0.1) is 0 Å². The maximum Gasteiger partial charge on any atom is 0.326 e. The van der Waals surface area contributed by atoms with Crippen LogP contribution < -0.4 is 5.32 Å². The lowest BCUT2D eigenvalue weighted by atomic mass is 10.0. The zero-order valence-electron chi connectivity index (χ0n) is 11.1. The quantitative estimate of drug-likeness (QED) is 0.538. The number of nitrogens with one attached hydrogen (secondary N) is 1. The molecule has 102 valence electrons. The molecule has 0 spiro atoms. The third-order valence-corrected chi connectivity index (χ3v) is 2.44. The van der Waals surface area contributed by atoms with E-state index in [9.17, 15) is 4.79 Å². The zero-order valence-corrected chi connectivity index (χ0v) is 11.1. The van der Waals surface area contributed by atoms with Gasteiger partial charge in [-0.3, -0.25) is 4.79 Å². The maximum absolute atomic E-state index is 11.0. The molecule has 0 rings (SSSR count). The molecule has 0 aliphatic rings. The first-order chi connectivity index (χ1) is 8.06. The van der Waals surface area contributed by atoms with Gasteiger partial charge in [0.25, 0.3) is 0 Å². The second kappa shape index (κ2) is 9.39. The van der Waals surface area contributed by atoms with Crippen molar-refractivity contribution in [2.45, 2.75) is 39.2 Å². The average molecular weight is 247 g/mol. The predicted octanol–water partition coefficient (Wildman–Crippen LogP) is 1.27. The topological polar surface area (TPSA) is 67.8 Å². The summed E-state index contributed by atoms with van der Waals surface area (Å²) in [5.41, 5.74) is -1.02. The molecular formula is C12H25NO4. The molecule has 5 heteroatoms. The molecule has 0 heterocycles. The predicted molar refractivity (Wildman–Crippen MR) is 66.3 cm³/mol. The van der Waals surface area contributed by atoms with Gasteiger partial charge in [0.05, 0.1) is 19.8 Å². The fourth-order valence-corrected chi connectivity index (χ4v) is 1.32. The fraction of sp³-hybridized carbons (Fsp3) is 0.917. The normalized spacial score (nSPS) is 14.5. The van der Waals surface area contributed by atoms with Crippen LogP contribution in [0.5, 0.6) is 0 Å². The highest BCUT2D eigenvalue weighted by Gasteiger charge is 2.32. The van der Waals surface area contributed by atoms with Gasteiger partial charge in [0.2, 0.25) is 0 Å². The highest BCUT2D eigenvalue weighted by molar-refractivity contribution is 5.78. The van der Waals surface area contributed by atoms with E-state index in [1.165, 1.54) is 0 Å². The first kappa shape index (κ1) is 16.4. The number of carboxylic acids is 1. The van der Waals surface area contributed by atoms with Gasteiger partial charge >= 0.3 is 5.97 Å². The van der Waals surface area contributed by atoms with Crippen LogP contribution in [-0.4, -0.2) is 49.6 Å². The van der Waals surface area contributed by atoms with Crippen molar-refractivity contribution in [3.05, 3.63) is 0 Å². The molecule has 0 amide bonds. The summed E-state index contributed by atoms with van der Waals surface area (Å²) in [6, 6.07) is 0. The van der Waals surface area contributed by atoms with Gasteiger partial charge < -0.3 is 19.9 Å². The van der Waals surface area contributed by atoms with Crippen LogP contribution in [0.1, 0.15) is 33.6 Å². The van der Waals surface area contributed by atoms with E-state index in [1.807, 2.05) is 6.92 Å². The first-order valence-electron chi connectivity index (χ1n) is 6.20. The van der Waals surface area contributed by atoms with E-state index in [-0.39, 0.29) is 6.61 Å². The molecule has 0 bridgehead atoms. The number of carbonyl (C=O) groups is 1. The highest BCUT2D eigenvalue weighted by Crippen LogP contribution is 2.04. The van der Waals surface area contributed by atoms with E-state index < -0.39 is 11.5 Å². The second-order valence-corrected chi connectivity index (χ2v) is 4.19. The molecule has 0 aromatic heterocycles. The van der Waals surface area contributed by atoms with Crippen LogP contribution in [-0.2, 0) is 14.3 Å². The molecule has 0 aliphatic heterocycles. The van der Waals surface area contributed by atoms with Gasteiger partial charge in [0.15, 0.2) is 0 Å². The smallest absolute Gasteiger partial charge is 0.326 e. The second-order valence-electron chi connectivity index (χ2n) is 4.19. The zero-order chi connectivity index (χ0) is 13.1. The molecule has 2 N–H and O–H groups in total. The molecule has 0 radical (unpaired) electrons. The summed E-state index contributed by atoms with van der Waals surface area (Å²) in [5, 5.41) is 12.0. The Kier molecular flexibility index (Phi) is 9.03. The lowest BCUT2D eigenvalue weighted by molar-refractivity contribution is -0.147. The summed E-state index contributed by atoms with van der Waals surface area (Å²) in [7, 11) is 0. The average Bonchev–Trinajstić information content (AvgIpc) is 2.28. The Hall–Kier alpha value is -0.650. The summed E-state index contributed by atoms with van der Waals surface area (Å²) in [6.07, 6.45) is 2.16. The molecule has 0 saturated carbocycles. The van der Waals surface area contributed by atoms with Crippen LogP contribution in [0.4, 0.5) is 0 Å². The molecule has 1 unspecified atom stereocenters. The Labute approximate surface area is 103 Å². The lowest BCUT2D eigenvalue weighted by Gasteiger charge is -2.25. The number of rotatable bonds is 11. The van der Waals surface area contributed by atoms with Gasteiger partial charge in [-0.2, -0.15) is 0 Å². The summed E-state index contributed by atoms with van der Waals surface area (Å²) < 4.78 is 10.6. The number of hydrogen-bond donors (Lipinski definition) is 2. The monoisotopic (exact) mass is 247 g/mol. The van der Waals surface area contributed by atoms with E-state index >= 15 is 0 Å². The summed E-state index contributed by atoms with van der Waals surface area (Å²) >= 11 is 0. The molecule has 0 fully saturated rings. The minimum Gasteiger partial charge on any atom is -0.480 e. The van der Waals surface area contributed by atoms with Crippen LogP contribution in [0.3, 0.4) is 0 Å². The summed E-state index contributed by atoms with van der Waals surface area (Å²) in [4.78, 5) is 11.0. The third-order valence-electron chi connectivity index (χ3n) is 2.44. The maximum atomic E-state index is 11.0. The van der Waals surface area contributed by atoms with Crippen LogP contribution in [0, 0.1) is 0 Å². The van der Waals surface area contributed by atoms with Crippen molar-refractivity contribution in [3.63, 3.8) is 0 Å². The third kappa shape index (κ3) is 7.31. The van der Waals surface area contributed by atoms with Crippen molar-refractivity contribution in [2.24, 2.45) is 0 Å². The Morgan fingerprint density at radius 1 is 1.24 bits per heavy atom. The highest BCUT2D eigenvalue weighted by atomic mass is 16.5. The molecule has 0 aliphatic carbocycles. The number of ether oxygens (including phenoxy) is 2. The molecule has 17 heavy (non-hydrogen) atoms. The Morgan fingerprint density at radius 3 is 2.41 bits per heavy atom. The number of unbranched alkanes of at least 4 members (excludes halogenated alkanes) is 1. The van der Waals surface area contributed by atoms with Crippen LogP contribution >= 0.6 is 0 Å². The van der Waals surface area contributed by atoms with E-state index in [2.05, 4.69) is 12.2 Å². The van der Waals surface area contributed by atoms with Crippen molar-refractivity contribution < 1.29 is 19.4 Å². The summed E-state index contributed by atoms with van der Waals surface area (Å²) in [5.74, 6) is -0.897. The fourth-order valence-electron chi connectivity index (χ4n) is 1.32. The molecular weight excluding hydrogens is 222 g/mol. The van der Waals surface area contributed by atoms with Crippen molar-refractivity contribution in [2.75, 3.05) is 33.0 Å². The standard InChI is InChI=1S/C12H25NO4/c1-4-6-7-16-8-9-17-10-12(3,11(14)15)13-5-2/h13H,4-10H2,1-3H3,(H,14,15). The number of aliphatic carboxylic acids is 1. The van der Waals surface area contributed by atoms with E-state index in [1.54, 1.807) is 6.92 Å². The largest absolute Gasteiger partial charge is 0.480 e. The van der Waals surface area contributed by atoms with Crippen molar-refractivity contribution in [1.29, 1.82) is 0 Å². The summed E-state index contributed by atoms with van der Waals surface area (Å²) in [6.45, 7) is 8.02. The van der Waals surface area contributed by atoms with Crippen LogP contribution in [0.2, 0.25) is 0 Å². The van der Waals surface area contributed by atoms with Crippen molar-refractivity contribution >= 4 is 5.97 Å². The van der Waals surface area contributed by atoms with E-state index in [0.717, 1.165) is 19.4 Å². The lowest BCUT2D eigenvalue weighted by Crippen LogP contribution is -2.53.